The van der Waals surface area contributed by atoms with Crippen molar-refractivity contribution in [2.45, 2.75) is 6.92 Å². The normalized spacial score (nSPS) is 11.0. The van der Waals surface area contributed by atoms with E-state index in [1.165, 1.54) is 18.3 Å². The van der Waals surface area contributed by atoms with E-state index >= 15 is 0 Å². The van der Waals surface area contributed by atoms with Crippen LogP contribution in [0.3, 0.4) is 0 Å². The van der Waals surface area contributed by atoms with E-state index in [-0.39, 0.29) is 11.7 Å². The topological polar surface area (TPSA) is 92.7 Å². The number of aromatic amines is 1. The summed E-state index contributed by atoms with van der Waals surface area (Å²) in [6.45, 7) is 1.48. The van der Waals surface area contributed by atoms with Crippen LogP contribution in [0.25, 0.3) is 22.3 Å². The van der Waals surface area contributed by atoms with Crippen molar-refractivity contribution in [3.63, 3.8) is 0 Å². The number of aryl methyl sites for hydroxylation is 1. The zero-order valence-electron chi connectivity index (χ0n) is 14.1. The molecule has 0 saturated carbocycles. The van der Waals surface area contributed by atoms with E-state index in [1.54, 1.807) is 23.2 Å². The lowest BCUT2D eigenvalue weighted by Crippen LogP contribution is -2.11. The molecule has 0 bridgehead atoms. The average molecular weight is 365 g/mol. The Morgan fingerprint density at radius 2 is 2.00 bits per heavy atom. The molecule has 1 amide bonds. The van der Waals surface area contributed by atoms with Crippen molar-refractivity contribution in [2.24, 2.45) is 7.05 Å². The first-order chi connectivity index (χ1) is 12.5. The lowest BCUT2D eigenvalue weighted by molar-refractivity contribution is 0.102. The monoisotopic (exact) mass is 365 g/mol. The number of hydrogen-bond donors (Lipinski definition) is 2. The molecule has 130 valence electrons. The number of nitrogens with one attached hydrogen (secondary N) is 2. The third-order valence-corrected chi connectivity index (χ3v) is 5.07. The van der Waals surface area contributed by atoms with Gasteiger partial charge in [0, 0.05) is 18.0 Å². The summed E-state index contributed by atoms with van der Waals surface area (Å²) in [5.41, 5.74) is 2.76. The van der Waals surface area contributed by atoms with Gasteiger partial charge in [0.1, 0.15) is 11.5 Å². The maximum Gasteiger partial charge on any atom is 0.257 e. The lowest BCUT2D eigenvalue weighted by atomic mass is 10.1. The van der Waals surface area contributed by atoms with Crippen molar-refractivity contribution in [3.05, 3.63) is 52.2 Å². The van der Waals surface area contributed by atoms with Crippen LogP contribution in [-0.4, -0.2) is 31.7 Å². The zero-order chi connectivity index (χ0) is 18.3. The van der Waals surface area contributed by atoms with Gasteiger partial charge in [0.15, 0.2) is 11.4 Å². The Kier molecular flexibility index (Phi) is 3.89. The first-order valence-electron chi connectivity index (χ1n) is 7.92. The highest BCUT2D eigenvalue weighted by Gasteiger charge is 2.20. The van der Waals surface area contributed by atoms with Crippen molar-refractivity contribution >= 4 is 39.9 Å². The molecule has 0 aliphatic rings. The first kappa shape index (κ1) is 16.2. The molecule has 0 aliphatic heterocycles. The zero-order valence-corrected chi connectivity index (χ0v) is 14.9. The molecule has 0 aliphatic carbocycles. The maximum atomic E-state index is 12.6. The van der Waals surface area contributed by atoms with Gasteiger partial charge in [0.25, 0.3) is 5.91 Å². The van der Waals surface area contributed by atoms with E-state index in [0.29, 0.717) is 21.9 Å². The summed E-state index contributed by atoms with van der Waals surface area (Å²) < 4.78 is 1.67. The molecule has 0 atom stereocenters. The number of rotatable bonds is 4. The molecule has 8 heteroatoms. The Morgan fingerprint density at radius 1 is 1.23 bits per heavy atom. The number of ketones is 1. The van der Waals surface area contributed by atoms with Crippen LogP contribution in [0, 0.1) is 0 Å². The van der Waals surface area contributed by atoms with Crippen LogP contribution in [0.4, 0.5) is 5.82 Å². The quantitative estimate of drug-likeness (QED) is 0.542. The Hall–Kier alpha value is -3.26. The molecule has 3 heterocycles. The number of amides is 1. The third kappa shape index (κ3) is 2.70. The number of Topliss-reactive ketones (excluding diaryl/α,β-unsaturated/α-hetero) is 1. The van der Waals surface area contributed by atoms with Crippen LogP contribution in [0.15, 0.2) is 41.8 Å². The number of thiophene rings is 1. The van der Waals surface area contributed by atoms with Gasteiger partial charge in [-0.15, -0.1) is 11.3 Å². The predicted molar refractivity (Wildman–Crippen MR) is 101 cm³/mol. The molecule has 0 unspecified atom stereocenters. The van der Waals surface area contributed by atoms with Crippen molar-refractivity contribution in [2.75, 3.05) is 5.32 Å². The highest BCUT2D eigenvalue weighted by atomic mass is 32.1. The largest absolute Gasteiger partial charge is 0.306 e. The van der Waals surface area contributed by atoms with E-state index in [4.69, 9.17) is 0 Å². The average Bonchev–Trinajstić information content (AvgIpc) is 3.34. The predicted octanol–water partition coefficient (Wildman–Crippen LogP) is 3.48. The minimum Gasteiger partial charge on any atom is -0.306 e. The van der Waals surface area contributed by atoms with Gasteiger partial charge in [0.05, 0.1) is 15.8 Å². The summed E-state index contributed by atoms with van der Waals surface area (Å²) in [6, 6.07) is 11.3. The Labute approximate surface area is 152 Å². The van der Waals surface area contributed by atoms with Gasteiger partial charge in [-0.3, -0.25) is 14.7 Å². The van der Waals surface area contributed by atoms with Crippen LogP contribution >= 0.6 is 11.3 Å². The number of H-pyrrole nitrogens is 1. The fourth-order valence-corrected chi connectivity index (χ4v) is 3.54. The van der Waals surface area contributed by atoms with Gasteiger partial charge >= 0.3 is 0 Å². The Bertz CT molecular complexity index is 1120. The first-order valence-corrected chi connectivity index (χ1v) is 8.80. The molecule has 2 N–H and O–H groups in total. The lowest BCUT2D eigenvalue weighted by Gasteiger charge is -2.02. The summed E-state index contributed by atoms with van der Waals surface area (Å²) >= 11 is 1.25. The van der Waals surface area contributed by atoms with Gasteiger partial charge in [-0.05, 0) is 13.0 Å². The van der Waals surface area contributed by atoms with E-state index in [9.17, 15) is 9.59 Å². The second kappa shape index (κ2) is 6.23. The smallest absolute Gasteiger partial charge is 0.257 e. The number of benzene rings is 1. The molecule has 0 radical (unpaired) electrons. The number of anilines is 1. The van der Waals surface area contributed by atoms with Crippen LogP contribution in [0.2, 0.25) is 0 Å². The molecule has 3 aromatic heterocycles. The SMILES string of the molecule is CC(=O)c1cc(C(=O)Nc2[nH]nc3c2c(-c2ccccc2)nn3C)cs1. The number of nitrogens with zero attached hydrogens (tertiary/aromatic N) is 3. The van der Waals surface area contributed by atoms with Crippen LogP contribution in [0.5, 0.6) is 0 Å². The van der Waals surface area contributed by atoms with Gasteiger partial charge < -0.3 is 5.32 Å². The Morgan fingerprint density at radius 3 is 2.69 bits per heavy atom. The fourth-order valence-electron chi connectivity index (χ4n) is 2.75. The summed E-state index contributed by atoms with van der Waals surface area (Å²) in [7, 11) is 1.80. The number of carbonyl (C=O) groups is 2. The van der Waals surface area contributed by atoms with Gasteiger partial charge in [-0.1, -0.05) is 30.3 Å². The molecule has 4 aromatic rings. The van der Waals surface area contributed by atoms with E-state index in [2.05, 4.69) is 20.6 Å². The fraction of sp³-hybridized carbons (Fsp3) is 0.111. The molecule has 26 heavy (non-hydrogen) atoms. The van der Waals surface area contributed by atoms with Crippen LogP contribution < -0.4 is 5.32 Å². The van der Waals surface area contributed by atoms with Crippen molar-refractivity contribution < 1.29 is 9.59 Å². The molecular weight excluding hydrogens is 350 g/mol. The molecule has 0 fully saturated rings. The summed E-state index contributed by atoms with van der Waals surface area (Å²) in [4.78, 5) is 24.5. The minimum absolute atomic E-state index is 0.0587. The van der Waals surface area contributed by atoms with Crippen LogP contribution in [-0.2, 0) is 7.05 Å². The van der Waals surface area contributed by atoms with Crippen molar-refractivity contribution in [1.29, 1.82) is 0 Å². The number of carbonyl (C=O) groups excluding carboxylic acids is 2. The molecule has 4 rings (SSSR count). The van der Waals surface area contributed by atoms with Crippen LogP contribution in [0.1, 0.15) is 27.0 Å². The number of fused-ring (bicyclic) bond motifs is 1. The summed E-state index contributed by atoms with van der Waals surface area (Å²) in [5, 5.41) is 16.9. The summed E-state index contributed by atoms with van der Waals surface area (Å²) in [5.74, 6) is 0.117. The minimum atomic E-state index is -0.304. The van der Waals surface area contributed by atoms with Crippen molar-refractivity contribution in [3.8, 4) is 11.3 Å². The highest BCUT2D eigenvalue weighted by Crippen LogP contribution is 2.31. The van der Waals surface area contributed by atoms with E-state index < -0.39 is 0 Å². The van der Waals surface area contributed by atoms with E-state index in [1.807, 2.05) is 30.3 Å². The maximum absolute atomic E-state index is 12.6. The molecule has 7 nitrogen and oxygen atoms in total. The Balaban J connectivity index is 1.73. The summed E-state index contributed by atoms with van der Waals surface area (Å²) in [6.07, 6.45) is 0. The van der Waals surface area contributed by atoms with Gasteiger partial charge in [-0.25, -0.2) is 4.68 Å². The highest BCUT2D eigenvalue weighted by molar-refractivity contribution is 7.12. The molecule has 0 spiro atoms. The number of aromatic nitrogens is 4. The van der Waals surface area contributed by atoms with Gasteiger partial charge in [-0.2, -0.15) is 10.2 Å². The second-order valence-electron chi connectivity index (χ2n) is 5.85. The molecular formula is C18H15N5O2S. The van der Waals surface area contributed by atoms with Gasteiger partial charge in [0.2, 0.25) is 0 Å². The van der Waals surface area contributed by atoms with Crippen molar-refractivity contribution in [1.82, 2.24) is 20.0 Å². The van der Waals surface area contributed by atoms with E-state index in [0.717, 1.165) is 16.6 Å². The molecule has 0 saturated heterocycles. The number of hydrogen-bond acceptors (Lipinski definition) is 5. The molecule has 1 aromatic carbocycles. The third-order valence-electron chi connectivity index (χ3n) is 4.03. The second-order valence-corrected chi connectivity index (χ2v) is 6.76. The standard InChI is InChI=1S/C18H15N5O2S/c1-10(24)13-8-12(9-26-13)18(25)19-16-14-15(11-6-4-3-5-7-11)22-23(2)17(14)21-20-16/h3-9H,1-2H3,(H2,19,20,21,25).